The van der Waals surface area contributed by atoms with Gasteiger partial charge in [-0.25, -0.2) is 4.79 Å². The van der Waals surface area contributed by atoms with Crippen molar-refractivity contribution in [1.82, 2.24) is 16.0 Å². The topological polar surface area (TPSA) is 160 Å². The molecular weight excluding hydrogens is 651 g/mol. The fourth-order valence-electron chi connectivity index (χ4n) is 7.51. The first kappa shape index (κ1) is 37.3. The molecule has 5 rings (SSSR count). The third-order valence-corrected chi connectivity index (χ3v) is 12.5. The molecule has 3 aromatic carbocycles. The lowest BCUT2D eigenvalue weighted by Gasteiger charge is -2.31. The van der Waals surface area contributed by atoms with Crippen LogP contribution in [0.4, 0.5) is 4.79 Å². The maximum Gasteiger partial charge on any atom is 0.408 e. The van der Waals surface area contributed by atoms with Gasteiger partial charge in [-0.15, -0.1) is 0 Å². The number of aryl methyl sites for hydroxylation is 1. The monoisotopic (exact) mass is 702 g/mol. The van der Waals surface area contributed by atoms with Gasteiger partial charge in [0.2, 0.25) is 19.2 Å². The van der Waals surface area contributed by atoms with Crippen LogP contribution in [0.2, 0.25) is 0 Å². The number of hydrogen-bond acceptors (Lipinski definition) is 6. The van der Waals surface area contributed by atoms with Gasteiger partial charge < -0.3 is 31.3 Å². The Kier molecular flexibility index (Phi) is 13.7. The highest BCUT2D eigenvalue weighted by Crippen LogP contribution is 2.49. The molecule has 1 saturated heterocycles. The third kappa shape index (κ3) is 11.0. The van der Waals surface area contributed by atoms with E-state index in [9.17, 15) is 23.8 Å². The second-order valence-corrected chi connectivity index (χ2v) is 16.3. The number of nitrogens with one attached hydrogen (secondary N) is 3. The van der Waals surface area contributed by atoms with Crippen molar-refractivity contribution in [3.05, 3.63) is 108 Å². The van der Waals surface area contributed by atoms with E-state index in [1.54, 1.807) is 0 Å². The molecule has 0 radical (unpaired) electrons. The van der Waals surface area contributed by atoms with Gasteiger partial charge in [0, 0.05) is 24.5 Å². The molecule has 50 heavy (non-hydrogen) atoms. The van der Waals surface area contributed by atoms with Crippen LogP contribution >= 0.6 is 7.37 Å². The second kappa shape index (κ2) is 18.3. The highest BCUT2D eigenvalue weighted by atomic mass is 31.2. The van der Waals surface area contributed by atoms with E-state index >= 15 is 0 Å². The Morgan fingerprint density at radius 3 is 2.16 bits per heavy atom. The number of amides is 3. The van der Waals surface area contributed by atoms with Crippen molar-refractivity contribution in [3.8, 4) is 0 Å². The zero-order valence-electron chi connectivity index (χ0n) is 28.6. The molecule has 3 amide bonds. The number of carbonyl (C=O) groups excluding carboxylic acids is 3. The molecule has 2 fully saturated rings. The molecule has 11 heteroatoms. The average molecular weight is 703 g/mol. The summed E-state index contributed by atoms with van der Waals surface area (Å²) in [5.74, 6) is -2.56. The first-order valence-electron chi connectivity index (χ1n) is 17.9. The molecule has 10 nitrogen and oxygen atoms in total. The van der Waals surface area contributed by atoms with Gasteiger partial charge in [-0.3, -0.25) is 14.2 Å². The summed E-state index contributed by atoms with van der Waals surface area (Å²) in [6.07, 6.45) is 5.38. The maximum absolute atomic E-state index is 14.3. The number of hydrogen-bond donors (Lipinski definition) is 5. The Balaban J connectivity index is 1.31. The Morgan fingerprint density at radius 2 is 1.50 bits per heavy atom. The van der Waals surface area contributed by atoms with Crippen molar-refractivity contribution in [2.75, 3.05) is 12.7 Å². The van der Waals surface area contributed by atoms with Crippen molar-refractivity contribution in [3.63, 3.8) is 0 Å². The molecule has 1 aliphatic carbocycles. The van der Waals surface area contributed by atoms with E-state index in [2.05, 4.69) is 16.0 Å². The number of primary amides is 1. The lowest BCUT2D eigenvalue weighted by atomic mass is 9.77. The Bertz CT molecular complexity index is 1580. The van der Waals surface area contributed by atoms with Crippen LogP contribution in [0.25, 0.3) is 0 Å². The summed E-state index contributed by atoms with van der Waals surface area (Å²) in [6.45, 7) is 0.770. The first-order valence-corrected chi connectivity index (χ1v) is 19.8. The largest absolute Gasteiger partial charge is 0.445 e. The predicted octanol–water partition coefficient (Wildman–Crippen LogP) is 5.53. The minimum atomic E-state index is -4.25. The number of carbonyl (C=O) groups is 3. The van der Waals surface area contributed by atoms with Crippen LogP contribution in [-0.2, 0) is 38.3 Å². The van der Waals surface area contributed by atoms with Crippen LogP contribution in [0.15, 0.2) is 91.0 Å². The van der Waals surface area contributed by atoms with Crippen LogP contribution in [-0.4, -0.2) is 53.4 Å². The van der Waals surface area contributed by atoms with Gasteiger partial charge in [0.1, 0.15) is 18.4 Å². The molecule has 7 atom stereocenters. The predicted molar refractivity (Wildman–Crippen MR) is 194 cm³/mol. The summed E-state index contributed by atoms with van der Waals surface area (Å²) in [7, 11) is -4.25. The fraction of sp³-hybridized carbons (Fsp3) is 0.462. The minimum absolute atomic E-state index is 0.00238. The second-order valence-electron chi connectivity index (χ2n) is 13.8. The van der Waals surface area contributed by atoms with Gasteiger partial charge in [-0.2, -0.15) is 0 Å². The quantitative estimate of drug-likeness (QED) is 0.116. The summed E-state index contributed by atoms with van der Waals surface area (Å²) < 4.78 is 19.8. The number of ether oxygens (including phenoxy) is 1. The Morgan fingerprint density at radius 1 is 0.880 bits per heavy atom. The van der Waals surface area contributed by atoms with Gasteiger partial charge in [0.15, 0.2) is 0 Å². The van der Waals surface area contributed by atoms with E-state index in [-0.39, 0.29) is 25.1 Å². The van der Waals surface area contributed by atoms with E-state index in [0.717, 1.165) is 42.5 Å². The molecular formula is C39H51N4O6P. The molecule has 0 aromatic heterocycles. The molecule has 3 aromatic rings. The highest BCUT2D eigenvalue weighted by molar-refractivity contribution is 7.58. The smallest absolute Gasteiger partial charge is 0.408 e. The van der Waals surface area contributed by atoms with E-state index in [1.807, 2.05) is 91.0 Å². The highest BCUT2D eigenvalue weighted by Gasteiger charge is 2.41. The van der Waals surface area contributed by atoms with E-state index < -0.39 is 43.0 Å². The van der Waals surface area contributed by atoms with Crippen molar-refractivity contribution < 1.29 is 28.6 Å². The SMILES string of the molecule is NC(=O)[C@H](CC1CNC2CCCCC12)NC(=O)[C@H](CCCc1ccccc1)CP(=O)(O)[C@@H](Cc1ccccc1)NC(=O)OCc1ccccc1. The van der Waals surface area contributed by atoms with Crippen LogP contribution in [0.1, 0.15) is 61.6 Å². The molecule has 6 N–H and O–H groups in total. The summed E-state index contributed by atoms with van der Waals surface area (Å²) in [6, 6.07) is 27.7. The van der Waals surface area contributed by atoms with Crippen molar-refractivity contribution in [2.24, 2.45) is 23.5 Å². The van der Waals surface area contributed by atoms with Crippen molar-refractivity contribution in [2.45, 2.75) is 82.3 Å². The average Bonchev–Trinajstić information content (AvgIpc) is 3.53. The number of benzene rings is 3. The summed E-state index contributed by atoms with van der Waals surface area (Å²) in [4.78, 5) is 51.4. The zero-order valence-corrected chi connectivity index (χ0v) is 29.5. The van der Waals surface area contributed by atoms with Gasteiger partial charge in [-0.1, -0.05) is 104 Å². The zero-order chi connectivity index (χ0) is 35.3. The van der Waals surface area contributed by atoms with Gasteiger partial charge in [-0.05, 0) is 73.6 Å². The third-order valence-electron chi connectivity index (χ3n) is 10.2. The standard InChI is InChI=1S/C39H51N4O6P/c40-37(44)35(24-32-25-41-34-22-11-10-21-33(32)34)42-38(45)31(20-12-19-28-13-4-1-5-14-28)27-50(47,48)36(23-29-15-6-2-7-16-29)43-39(46)49-26-30-17-8-3-9-18-30/h1-9,13-18,31-36,41H,10-12,19-27H2,(H2,40,44)(H,42,45)(H,43,46)(H,47,48)/t31-,32?,33?,34?,35+,36+/m1/s1. The molecule has 268 valence electrons. The van der Waals surface area contributed by atoms with Crippen molar-refractivity contribution >= 4 is 25.3 Å². The van der Waals surface area contributed by atoms with Crippen LogP contribution < -0.4 is 21.7 Å². The van der Waals surface area contributed by atoms with E-state index in [4.69, 9.17) is 10.5 Å². The summed E-state index contributed by atoms with van der Waals surface area (Å²) in [5, 5.41) is 9.13. The first-order chi connectivity index (χ1) is 24.2. The number of nitrogens with two attached hydrogens (primary N) is 1. The lowest BCUT2D eigenvalue weighted by molar-refractivity contribution is -0.130. The molecule has 4 unspecified atom stereocenters. The molecule has 1 saturated carbocycles. The minimum Gasteiger partial charge on any atom is -0.445 e. The van der Waals surface area contributed by atoms with Gasteiger partial charge >= 0.3 is 6.09 Å². The molecule has 2 aliphatic rings. The maximum atomic E-state index is 14.3. The normalized spacial score (nSPS) is 21.5. The van der Waals surface area contributed by atoms with Crippen LogP contribution in [0.3, 0.4) is 0 Å². The van der Waals surface area contributed by atoms with Crippen LogP contribution in [0, 0.1) is 17.8 Å². The molecule has 1 heterocycles. The number of alkyl carbamates (subject to hydrolysis) is 1. The number of rotatable bonds is 17. The molecule has 1 aliphatic heterocycles. The number of fused-ring (bicyclic) bond motifs is 1. The Hall–Kier alpha value is -3.98. The molecule has 0 spiro atoms. The lowest BCUT2D eigenvalue weighted by Crippen LogP contribution is -2.49. The van der Waals surface area contributed by atoms with Crippen LogP contribution in [0.5, 0.6) is 0 Å². The Labute approximate surface area is 295 Å². The van der Waals surface area contributed by atoms with E-state index in [0.29, 0.717) is 37.6 Å². The van der Waals surface area contributed by atoms with E-state index in [1.165, 1.54) is 6.42 Å². The summed E-state index contributed by atoms with van der Waals surface area (Å²) in [5.41, 5.74) is 8.48. The van der Waals surface area contributed by atoms with Gasteiger partial charge in [0.25, 0.3) is 0 Å². The summed E-state index contributed by atoms with van der Waals surface area (Å²) >= 11 is 0. The fourth-order valence-corrected chi connectivity index (χ4v) is 9.54. The molecule has 0 bridgehead atoms. The van der Waals surface area contributed by atoms with Crippen molar-refractivity contribution in [1.29, 1.82) is 0 Å². The van der Waals surface area contributed by atoms with Gasteiger partial charge in [0.05, 0.1) is 0 Å².